The van der Waals surface area contributed by atoms with Crippen LogP contribution in [0.4, 0.5) is 18.9 Å². The average molecular weight is 471 g/mol. The number of pyridine rings is 1. The minimum absolute atomic E-state index is 0.0218. The van der Waals surface area contributed by atoms with Crippen LogP contribution in [-0.2, 0) is 10.3 Å². The number of thioether (sulfide) groups is 1. The normalized spacial score (nSPS) is 26.7. The molecule has 1 aromatic heterocycles. The number of nitrogens with zero attached hydrogens (tertiary/aromatic N) is 2. The fraction of sp³-hybridized carbons (Fsp3) is 0.350. The summed E-state index contributed by atoms with van der Waals surface area (Å²) in [5, 5.41) is 2.87. The summed E-state index contributed by atoms with van der Waals surface area (Å²) < 4.78 is 48.6. The van der Waals surface area contributed by atoms with E-state index in [1.165, 1.54) is 43.3 Å². The maximum atomic E-state index is 14.9. The first-order valence-corrected chi connectivity index (χ1v) is 10.5. The number of amides is 1. The molecule has 1 amide bonds. The van der Waals surface area contributed by atoms with Crippen molar-refractivity contribution in [2.75, 3.05) is 25.7 Å². The second-order valence-corrected chi connectivity index (χ2v) is 9.37. The molecule has 1 saturated carbocycles. The number of carbonyl (C=O) groups excluding carboxylic acids is 1. The fourth-order valence-electron chi connectivity index (χ4n) is 4.07. The molecule has 2 aromatic rings. The summed E-state index contributed by atoms with van der Waals surface area (Å²) >= 11 is 7.02. The molecule has 1 aliphatic heterocycles. The molecular weight excluding hydrogens is 453 g/mol. The number of methoxy groups -OCH3 is 1. The summed E-state index contributed by atoms with van der Waals surface area (Å²) in [5.41, 5.74) is 3.88. The van der Waals surface area contributed by atoms with Crippen molar-refractivity contribution >= 4 is 40.1 Å². The van der Waals surface area contributed by atoms with E-state index in [1.54, 1.807) is 0 Å². The fourth-order valence-corrected chi connectivity index (χ4v) is 5.57. The molecule has 0 unspecified atom stereocenters. The minimum Gasteiger partial charge on any atom is -0.383 e. The predicted molar refractivity (Wildman–Crippen MR) is 113 cm³/mol. The number of carbonyl (C=O) groups is 1. The van der Waals surface area contributed by atoms with Gasteiger partial charge in [-0.2, -0.15) is 0 Å². The van der Waals surface area contributed by atoms with Gasteiger partial charge in [-0.1, -0.05) is 23.4 Å². The monoisotopic (exact) mass is 470 g/mol. The van der Waals surface area contributed by atoms with Crippen molar-refractivity contribution < 1.29 is 22.7 Å². The molecule has 2 heterocycles. The van der Waals surface area contributed by atoms with Crippen LogP contribution in [0.3, 0.4) is 0 Å². The van der Waals surface area contributed by atoms with Gasteiger partial charge in [-0.15, -0.1) is 0 Å². The Balaban J connectivity index is 1.73. The number of anilines is 1. The molecule has 1 fully saturated rings. The number of aromatic nitrogens is 1. The van der Waals surface area contributed by atoms with Gasteiger partial charge in [-0.25, -0.2) is 23.1 Å². The molecule has 3 N–H and O–H groups in total. The number of rotatable bonds is 6. The Hall–Kier alpha value is -2.30. The summed E-state index contributed by atoms with van der Waals surface area (Å²) in [6.45, 7) is -0.819. The van der Waals surface area contributed by atoms with E-state index in [4.69, 9.17) is 22.1 Å². The Bertz CT molecular complexity index is 1070. The van der Waals surface area contributed by atoms with Gasteiger partial charge in [0, 0.05) is 36.5 Å². The quantitative estimate of drug-likeness (QED) is 0.668. The first-order valence-electron chi connectivity index (χ1n) is 9.26. The van der Waals surface area contributed by atoms with Crippen molar-refractivity contribution in [3.63, 3.8) is 0 Å². The second kappa shape index (κ2) is 7.99. The van der Waals surface area contributed by atoms with Crippen LogP contribution >= 0.6 is 23.4 Å². The summed E-state index contributed by atoms with van der Waals surface area (Å²) in [7, 11) is 1.50. The van der Waals surface area contributed by atoms with Crippen LogP contribution < -0.4 is 11.1 Å². The van der Waals surface area contributed by atoms with Gasteiger partial charge in [-0.3, -0.25) is 4.79 Å². The minimum atomic E-state index is -1.71. The number of aliphatic imine (C=N–C) groups is 1. The van der Waals surface area contributed by atoms with Crippen LogP contribution in [0, 0.1) is 17.6 Å². The average Bonchev–Trinajstić information content (AvgIpc) is 3.44. The topological polar surface area (TPSA) is 89.6 Å². The number of ether oxygens (including phenoxy) is 1. The Kier molecular flexibility index (Phi) is 5.65. The number of halogens is 4. The number of hydrogen-bond donors (Lipinski definition) is 2. The Morgan fingerprint density at radius 3 is 2.84 bits per heavy atom. The van der Waals surface area contributed by atoms with Gasteiger partial charge in [0.15, 0.2) is 16.8 Å². The largest absolute Gasteiger partial charge is 0.383 e. The Morgan fingerprint density at radius 2 is 2.19 bits per heavy atom. The zero-order chi connectivity index (χ0) is 22.4. The molecule has 0 radical (unpaired) electrons. The van der Waals surface area contributed by atoms with Gasteiger partial charge in [-0.05, 0) is 24.6 Å². The van der Waals surface area contributed by atoms with Gasteiger partial charge in [0.05, 0.1) is 16.4 Å². The van der Waals surface area contributed by atoms with E-state index in [2.05, 4.69) is 15.3 Å². The highest BCUT2D eigenvalue weighted by Crippen LogP contribution is 2.66. The van der Waals surface area contributed by atoms with Crippen molar-refractivity contribution in [2.45, 2.75) is 16.7 Å². The van der Waals surface area contributed by atoms with Crippen LogP contribution in [0.15, 0.2) is 35.5 Å². The first kappa shape index (κ1) is 21.9. The molecule has 164 valence electrons. The standard InChI is InChI=1S/C20H18ClF3N4O2S/c1-30-9-19-6-15(19)20(8-22,28-18(25)31-19)12-4-11(5-13(23)16(12)24)27-17(29)14-3-2-10(21)7-26-14/h2-5,7,15H,6,8-9H2,1H3,(H2,25,28)(H,27,29)/t15-,19-,20+/m0/s1. The number of nitrogens with one attached hydrogen (secondary N) is 1. The van der Waals surface area contributed by atoms with E-state index in [0.717, 1.165) is 6.07 Å². The first-order chi connectivity index (χ1) is 14.7. The van der Waals surface area contributed by atoms with Crippen molar-refractivity contribution in [1.29, 1.82) is 0 Å². The molecule has 0 saturated heterocycles. The zero-order valence-corrected chi connectivity index (χ0v) is 17.9. The maximum absolute atomic E-state index is 14.9. The lowest BCUT2D eigenvalue weighted by Gasteiger charge is -2.35. The second-order valence-electron chi connectivity index (χ2n) is 7.50. The molecular formula is C20H18ClF3N4O2S. The number of nitrogens with two attached hydrogens (primary N) is 1. The molecule has 0 bridgehead atoms. The molecule has 1 aromatic carbocycles. The lowest BCUT2D eigenvalue weighted by atomic mass is 9.84. The highest BCUT2D eigenvalue weighted by Gasteiger charge is 2.68. The predicted octanol–water partition coefficient (Wildman–Crippen LogP) is 3.90. The highest BCUT2D eigenvalue weighted by molar-refractivity contribution is 8.15. The summed E-state index contributed by atoms with van der Waals surface area (Å²) in [4.78, 5) is 20.6. The lowest BCUT2D eigenvalue weighted by Crippen LogP contribution is -2.41. The van der Waals surface area contributed by atoms with Crippen LogP contribution in [0.25, 0.3) is 0 Å². The van der Waals surface area contributed by atoms with E-state index in [1.807, 2.05) is 0 Å². The van der Waals surface area contributed by atoms with Crippen molar-refractivity contribution in [2.24, 2.45) is 16.6 Å². The van der Waals surface area contributed by atoms with Crippen LogP contribution in [0.1, 0.15) is 22.5 Å². The van der Waals surface area contributed by atoms with Gasteiger partial charge < -0.3 is 15.8 Å². The highest BCUT2D eigenvalue weighted by atomic mass is 35.5. The summed E-state index contributed by atoms with van der Waals surface area (Å²) in [6, 6.07) is 4.86. The zero-order valence-electron chi connectivity index (χ0n) is 16.3. The molecule has 1 aliphatic carbocycles. The molecule has 4 rings (SSSR count). The number of alkyl halides is 1. The SMILES string of the molecule is COC[C@@]12C[C@@H]1[C@@](CF)(c1cc(NC(=O)c3ccc(Cl)cn3)cc(F)c1F)N=C(N)S2. The molecule has 2 aliphatic rings. The van der Waals surface area contributed by atoms with E-state index < -0.39 is 40.4 Å². The molecule has 3 atom stereocenters. The third-order valence-electron chi connectivity index (χ3n) is 5.52. The van der Waals surface area contributed by atoms with Crippen LogP contribution in [0.2, 0.25) is 5.02 Å². The number of amidine groups is 1. The van der Waals surface area contributed by atoms with E-state index >= 15 is 0 Å². The molecule has 0 spiro atoms. The van der Waals surface area contributed by atoms with Gasteiger partial charge in [0.25, 0.3) is 5.91 Å². The third-order valence-corrected chi connectivity index (χ3v) is 7.02. The van der Waals surface area contributed by atoms with Gasteiger partial charge in [0.2, 0.25) is 0 Å². The maximum Gasteiger partial charge on any atom is 0.274 e. The van der Waals surface area contributed by atoms with E-state index in [9.17, 15) is 18.0 Å². The third kappa shape index (κ3) is 3.77. The van der Waals surface area contributed by atoms with Crippen LogP contribution in [-0.4, -0.2) is 41.2 Å². The van der Waals surface area contributed by atoms with Crippen LogP contribution in [0.5, 0.6) is 0 Å². The van der Waals surface area contributed by atoms with Crippen molar-refractivity contribution in [3.05, 3.63) is 58.4 Å². The number of hydrogen-bond acceptors (Lipinski definition) is 6. The van der Waals surface area contributed by atoms with E-state index in [-0.39, 0.29) is 28.7 Å². The molecule has 11 heteroatoms. The smallest absolute Gasteiger partial charge is 0.274 e. The molecule has 31 heavy (non-hydrogen) atoms. The Morgan fingerprint density at radius 1 is 1.42 bits per heavy atom. The summed E-state index contributed by atoms with van der Waals surface area (Å²) in [6.07, 6.45) is 1.76. The Labute approximate surface area is 185 Å². The molecule has 6 nitrogen and oxygen atoms in total. The van der Waals surface area contributed by atoms with Gasteiger partial charge >= 0.3 is 0 Å². The van der Waals surface area contributed by atoms with E-state index in [0.29, 0.717) is 11.4 Å². The number of benzene rings is 1. The van der Waals surface area contributed by atoms with Crippen molar-refractivity contribution in [3.8, 4) is 0 Å². The lowest BCUT2D eigenvalue weighted by molar-refractivity contribution is 0.102. The number of fused-ring (bicyclic) bond motifs is 1. The van der Waals surface area contributed by atoms with Gasteiger partial charge in [0.1, 0.15) is 17.9 Å². The summed E-state index contributed by atoms with van der Waals surface area (Å²) in [5.74, 6) is -3.58. The van der Waals surface area contributed by atoms with Crippen molar-refractivity contribution in [1.82, 2.24) is 4.98 Å².